The number of aromatic nitrogens is 2. The average molecular weight is 485 g/mol. The molecule has 1 aliphatic heterocycles. The zero-order valence-electron chi connectivity index (χ0n) is 19.7. The number of amides is 1. The number of benzene rings is 2. The number of hydrogen-bond donors (Lipinski definition) is 1. The van der Waals surface area contributed by atoms with Crippen LogP contribution in [0.4, 0.5) is 0 Å². The van der Waals surface area contributed by atoms with Crippen molar-refractivity contribution in [1.82, 2.24) is 19.8 Å². The molecule has 0 spiro atoms. The van der Waals surface area contributed by atoms with Crippen LogP contribution in [0.15, 0.2) is 76.9 Å². The second-order valence-corrected chi connectivity index (χ2v) is 9.95. The van der Waals surface area contributed by atoms with Gasteiger partial charge >= 0.3 is 0 Å². The predicted octanol–water partition coefficient (Wildman–Crippen LogP) is 4.15. The van der Waals surface area contributed by atoms with Crippen molar-refractivity contribution in [2.75, 3.05) is 6.54 Å². The number of carbonyl (C=O) groups excluding carboxylic acids is 1. The summed E-state index contributed by atoms with van der Waals surface area (Å²) in [7, 11) is 0. The fourth-order valence-electron chi connectivity index (χ4n) is 4.43. The van der Waals surface area contributed by atoms with Gasteiger partial charge < -0.3 is 5.32 Å². The topological polar surface area (TPSA) is 67.2 Å². The maximum Gasteiger partial charge on any atom is 0.257 e. The Bertz CT molecular complexity index is 1360. The summed E-state index contributed by atoms with van der Waals surface area (Å²) in [5, 5.41) is 4.92. The average Bonchev–Trinajstić information content (AvgIpc) is 3.39. The van der Waals surface area contributed by atoms with Crippen molar-refractivity contribution in [1.29, 1.82) is 0 Å². The lowest BCUT2D eigenvalue weighted by Gasteiger charge is -2.29. The molecule has 6 nitrogen and oxygen atoms in total. The van der Waals surface area contributed by atoms with Crippen LogP contribution in [-0.4, -0.2) is 26.9 Å². The molecular formula is C28H28N4O2S. The van der Waals surface area contributed by atoms with E-state index in [1.807, 2.05) is 66.9 Å². The molecule has 1 amide bonds. The molecule has 1 N–H and O–H groups in total. The maximum atomic E-state index is 13.6. The molecule has 4 aromatic rings. The number of rotatable bonds is 7. The first kappa shape index (κ1) is 23.2. The standard InChI is InChI=1S/C28H28N4O2S/c1-20-9-11-22(12-10-20)27-30-25-18-31(17-21-6-3-2-4-7-21)14-13-24(25)28(34)32(27)19-26(33)29-16-23-8-5-15-35-23/h2-12,15H,13-14,16-19H2,1H3,(H,29,33). The minimum Gasteiger partial charge on any atom is -0.350 e. The fraction of sp³-hybridized carbons (Fsp3) is 0.250. The van der Waals surface area contributed by atoms with Gasteiger partial charge in [0.15, 0.2) is 0 Å². The van der Waals surface area contributed by atoms with Gasteiger partial charge in [-0.1, -0.05) is 66.2 Å². The Morgan fingerprint density at radius 1 is 1.06 bits per heavy atom. The number of nitrogens with one attached hydrogen (secondary N) is 1. The Hall–Kier alpha value is -3.55. The lowest BCUT2D eigenvalue weighted by molar-refractivity contribution is -0.121. The van der Waals surface area contributed by atoms with Crippen LogP contribution >= 0.6 is 11.3 Å². The second-order valence-electron chi connectivity index (χ2n) is 8.92. The molecule has 0 bridgehead atoms. The molecule has 178 valence electrons. The molecule has 0 saturated heterocycles. The van der Waals surface area contributed by atoms with Crippen LogP contribution < -0.4 is 10.9 Å². The lowest BCUT2D eigenvalue weighted by atomic mass is 10.0. The van der Waals surface area contributed by atoms with Gasteiger partial charge in [-0.05, 0) is 30.4 Å². The van der Waals surface area contributed by atoms with E-state index in [9.17, 15) is 9.59 Å². The third-order valence-electron chi connectivity index (χ3n) is 6.30. The van der Waals surface area contributed by atoms with Crippen LogP contribution in [0.3, 0.4) is 0 Å². The van der Waals surface area contributed by atoms with Gasteiger partial charge in [-0.25, -0.2) is 4.98 Å². The van der Waals surface area contributed by atoms with E-state index in [0.29, 0.717) is 25.3 Å². The smallest absolute Gasteiger partial charge is 0.257 e. The van der Waals surface area contributed by atoms with Crippen LogP contribution in [0.5, 0.6) is 0 Å². The van der Waals surface area contributed by atoms with E-state index in [0.717, 1.165) is 40.4 Å². The Morgan fingerprint density at radius 3 is 2.60 bits per heavy atom. The van der Waals surface area contributed by atoms with E-state index < -0.39 is 0 Å². The van der Waals surface area contributed by atoms with Gasteiger partial charge in [0.2, 0.25) is 5.91 Å². The Kier molecular flexibility index (Phi) is 6.88. The second kappa shape index (κ2) is 10.4. The quantitative estimate of drug-likeness (QED) is 0.428. The molecule has 0 unspecified atom stereocenters. The summed E-state index contributed by atoms with van der Waals surface area (Å²) in [6.07, 6.45) is 0.624. The molecular weight excluding hydrogens is 456 g/mol. The predicted molar refractivity (Wildman–Crippen MR) is 139 cm³/mol. The van der Waals surface area contributed by atoms with Crippen molar-refractivity contribution in [3.63, 3.8) is 0 Å². The first-order chi connectivity index (χ1) is 17.1. The molecule has 0 fully saturated rings. The molecule has 3 heterocycles. The largest absolute Gasteiger partial charge is 0.350 e. The number of aryl methyl sites for hydroxylation is 1. The van der Waals surface area contributed by atoms with Crippen molar-refractivity contribution in [3.8, 4) is 11.4 Å². The molecule has 0 radical (unpaired) electrons. The van der Waals surface area contributed by atoms with Crippen LogP contribution in [0.1, 0.15) is 27.3 Å². The monoisotopic (exact) mass is 484 g/mol. The first-order valence-electron chi connectivity index (χ1n) is 11.8. The summed E-state index contributed by atoms with van der Waals surface area (Å²) >= 11 is 1.59. The molecule has 2 aromatic heterocycles. The first-order valence-corrected chi connectivity index (χ1v) is 12.7. The van der Waals surface area contributed by atoms with Crippen molar-refractivity contribution in [2.24, 2.45) is 0 Å². The molecule has 1 aliphatic rings. The van der Waals surface area contributed by atoms with Gasteiger partial charge in [-0.15, -0.1) is 11.3 Å². The van der Waals surface area contributed by atoms with E-state index in [1.165, 1.54) is 5.56 Å². The van der Waals surface area contributed by atoms with E-state index in [1.54, 1.807) is 15.9 Å². The highest BCUT2D eigenvalue weighted by Crippen LogP contribution is 2.22. The third-order valence-corrected chi connectivity index (χ3v) is 7.18. The Morgan fingerprint density at radius 2 is 1.86 bits per heavy atom. The van der Waals surface area contributed by atoms with E-state index in [2.05, 4.69) is 22.3 Å². The summed E-state index contributed by atoms with van der Waals surface area (Å²) in [4.78, 5) is 34.8. The molecule has 5 rings (SSSR count). The fourth-order valence-corrected chi connectivity index (χ4v) is 5.07. The number of fused-ring (bicyclic) bond motifs is 1. The van der Waals surface area contributed by atoms with Crippen molar-refractivity contribution in [2.45, 2.75) is 39.5 Å². The third kappa shape index (κ3) is 5.42. The summed E-state index contributed by atoms with van der Waals surface area (Å²) in [6, 6.07) is 22.2. The van der Waals surface area contributed by atoms with Gasteiger partial charge in [0.1, 0.15) is 12.4 Å². The Labute approximate surface area is 208 Å². The van der Waals surface area contributed by atoms with Crippen molar-refractivity contribution in [3.05, 3.63) is 110 Å². The van der Waals surface area contributed by atoms with Gasteiger partial charge in [0.05, 0.1) is 12.2 Å². The highest BCUT2D eigenvalue weighted by Gasteiger charge is 2.25. The van der Waals surface area contributed by atoms with Crippen molar-refractivity contribution < 1.29 is 4.79 Å². The van der Waals surface area contributed by atoms with Gasteiger partial charge in [-0.3, -0.25) is 19.1 Å². The Balaban J connectivity index is 1.45. The number of nitrogens with zero attached hydrogens (tertiary/aromatic N) is 3. The highest BCUT2D eigenvalue weighted by atomic mass is 32.1. The number of hydrogen-bond acceptors (Lipinski definition) is 5. The molecule has 35 heavy (non-hydrogen) atoms. The van der Waals surface area contributed by atoms with E-state index in [-0.39, 0.29) is 18.0 Å². The SMILES string of the molecule is Cc1ccc(-c2nc3c(c(=O)n2CC(=O)NCc2cccs2)CCN(Cc2ccccc2)C3)cc1. The zero-order valence-corrected chi connectivity index (χ0v) is 20.6. The molecule has 2 aromatic carbocycles. The van der Waals surface area contributed by atoms with Crippen LogP contribution in [-0.2, 0) is 37.4 Å². The molecule has 7 heteroatoms. The minimum atomic E-state index is -0.197. The van der Waals surface area contributed by atoms with E-state index >= 15 is 0 Å². The van der Waals surface area contributed by atoms with E-state index in [4.69, 9.17) is 4.98 Å². The summed E-state index contributed by atoms with van der Waals surface area (Å²) in [5.41, 5.74) is 4.62. The van der Waals surface area contributed by atoms with Crippen LogP contribution in [0.2, 0.25) is 0 Å². The molecule has 0 saturated carbocycles. The van der Waals surface area contributed by atoms with Gasteiger partial charge in [0, 0.05) is 35.6 Å². The van der Waals surface area contributed by atoms with Crippen molar-refractivity contribution >= 4 is 17.2 Å². The lowest BCUT2D eigenvalue weighted by Crippen LogP contribution is -2.40. The molecule has 0 aliphatic carbocycles. The number of thiophene rings is 1. The number of carbonyl (C=O) groups is 1. The van der Waals surface area contributed by atoms with Crippen LogP contribution in [0, 0.1) is 6.92 Å². The maximum absolute atomic E-state index is 13.6. The minimum absolute atomic E-state index is 0.0541. The van der Waals surface area contributed by atoms with Gasteiger partial charge in [-0.2, -0.15) is 0 Å². The summed E-state index contributed by atoms with van der Waals surface area (Å²) < 4.78 is 1.54. The van der Waals surface area contributed by atoms with Crippen LogP contribution in [0.25, 0.3) is 11.4 Å². The van der Waals surface area contributed by atoms with Gasteiger partial charge in [0.25, 0.3) is 5.56 Å². The summed E-state index contributed by atoms with van der Waals surface area (Å²) in [5.74, 6) is 0.346. The summed E-state index contributed by atoms with van der Waals surface area (Å²) in [6.45, 7) is 4.64. The zero-order chi connectivity index (χ0) is 24.2. The normalized spacial score (nSPS) is 13.4. The highest BCUT2D eigenvalue weighted by molar-refractivity contribution is 7.09. The molecule has 0 atom stereocenters.